The highest BCUT2D eigenvalue weighted by Gasteiger charge is 2.21. The molecule has 3 heterocycles. The van der Waals surface area contributed by atoms with E-state index >= 15 is 0 Å². The maximum atomic E-state index is 5.16. The van der Waals surface area contributed by atoms with E-state index in [9.17, 15) is 0 Å². The number of allylic oxidation sites excluding steroid dienone is 2. The van der Waals surface area contributed by atoms with Crippen molar-refractivity contribution >= 4 is 50.5 Å². The molecule has 0 unspecified atom stereocenters. The first-order valence-electron chi connectivity index (χ1n) is 18.6. The molecule has 7 aromatic carbocycles. The predicted octanol–water partition coefficient (Wildman–Crippen LogP) is 12.3. The zero-order chi connectivity index (χ0) is 37.4. The van der Waals surface area contributed by atoms with Crippen molar-refractivity contribution in [2.45, 2.75) is 0 Å². The number of hydrogen-bond donors (Lipinski definition) is 0. The number of para-hydroxylation sites is 1. The van der Waals surface area contributed by atoms with E-state index < -0.39 is 0 Å². The standard InChI is InChI=1S/C50H34N6/c1-51-46-43-15-7-8-16-44(43)52-45(47(46)56-29-9-2-10-30-56)37-23-17-35(18-24-37)36-19-25-38(26-20-36)48-53-49(41-27-21-33-11-3-5-13-39(33)31-41)55-50(54-48)42-28-22-34-12-4-6-14-40(34)32-42/h2-29,31-32H,1,30H2. The van der Waals surface area contributed by atoms with Crippen molar-refractivity contribution in [2.75, 3.05) is 11.4 Å². The van der Waals surface area contributed by atoms with Gasteiger partial charge in [0.2, 0.25) is 0 Å². The van der Waals surface area contributed by atoms with Gasteiger partial charge in [0.15, 0.2) is 17.5 Å². The maximum Gasteiger partial charge on any atom is 0.164 e. The Hall–Kier alpha value is -7.57. The Morgan fingerprint density at radius 3 is 1.54 bits per heavy atom. The van der Waals surface area contributed by atoms with Crippen LogP contribution in [-0.4, -0.2) is 33.2 Å². The third-order valence-corrected chi connectivity index (χ3v) is 10.4. The van der Waals surface area contributed by atoms with Crippen LogP contribution in [0, 0.1) is 0 Å². The molecule has 10 rings (SSSR count). The minimum atomic E-state index is 0.622. The number of rotatable bonds is 7. The molecular formula is C50H34N6. The van der Waals surface area contributed by atoms with Crippen LogP contribution in [0.5, 0.6) is 0 Å². The van der Waals surface area contributed by atoms with E-state index in [2.05, 4.69) is 174 Å². The topological polar surface area (TPSA) is 67.2 Å². The molecule has 0 spiro atoms. The van der Waals surface area contributed by atoms with E-state index in [0.29, 0.717) is 17.5 Å². The summed E-state index contributed by atoms with van der Waals surface area (Å²) in [7, 11) is 0. The summed E-state index contributed by atoms with van der Waals surface area (Å²) in [6, 6.07) is 54.5. The second-order valence-corrected chi connectivity index (χ2v) is 13.8. The van der Waals surface area contributed by atoms with Crippen molar-refractivity contribution in [1.82, 2.24) is 19.9 Å². The zero-order valence-electron chi connectivity index (χ0n) is 30.4. The number of nitrogens with zero attached hydrogens (tertiary/aromatic N) is 6. The van der Waals surface area contributed by atoms with Crippen molar-refractivity contribution in [1.29, 1.82) is 0 Å². The van der Waals surface area contributed by atoms with E-state index in [4.69, 9.17) is 19.9 Å². The van der Waals surface area contributed by atoms with E-state index in [1.807, 2.05) is 24.3 Å². The van der Waals surface area contributed by atoms with Gasteiger partial charge >= 0.3 is 0 Å². The Kier molecular flexibility index (Phi) is 8.26. The van der Waals surface area contributed by atoms with Crippen LogP contribution < -0.4 is 4.90 Å². The molecule has 1 aliphatic rings. The van der Waals surface area contributed by atoms with Gasteiger partial charge in [0.1, 0.15) is 0 Å². The van der Waals surface area contributed by atoms with Crippen molar-refractivity contribution < 1.29 is 0 Å². The Labute approximate surface area is 324 Å². The summed E-state index contributed by atoms with van der Waals surface area (Å²) >= 11 is 0. The Morgan fingerprint density at radius 2 is 0.964 bits per heavy atom. The SMILES string of the molecule is C=Nc1c(N2C=CC=CC2)c(-c2ccc(-c3ccc(-c4nc(-c5ccc6ccccc6c5)nc(-c5ccc6ccccc6c5)n4)cc3)cc2)nc2ccccc12. The van der Waals surface area contributed by atoms with Gasteiger partial charge in [-0.2, -0.15) is 0 Å². The fourth-order valence-corrected chi connectivity index (χ4v) is 7.50. The number of fused-ring (bicyclic) bond motifs is 3. The molecular weight excluding hydrogens is 685 g/mol. The van der Waals surface area contributed by atoms with Crippen LogP contribution in [0.2, 0.25) is 0 Å². The summed E-state index contributed by atoms with van der Waals surface area (Å²) in [6.45, 7) is 4.68. The van der Waals surface area contributed by atoms with Crippen LogP contribution >= 0.6 is 0 Å². The van der Waals surface area contributed by atoms with Crippen molar-refractivity contribution in [3.63, 3.8) is 0 Å². The molecule has 264 valence electrons. The van der Waals surface area contributed by atoms with Gasteiger partial charge in [0, 0.05) is 40.4 Å². The van der Waals surface area contributed by atoms with Gasteiger partial charge in [0.05, 0.1) is 22.6 Å². The van der Waals surface area contributed by atoms with E-state index in [-0.39, 0.29) is 0 Å². The van der Waals surface area contributed by atoms with Crippen LogP contribution in [0.4, 0.5) is 11.4 Å². The summed E-state index contributed by atoms with van der Waals surface area (Å²) in [5.74, 6) is 1.89. The van der Waals surface area contributed by atoms with Gasteiger partial charge in [-0.05, 0) is 63.7 Å². The number of benzene rings is 7. The van der Waals surface area contributed by atoms with Gasteiger partial charge in [-0.15, -0.1) is 0 Å². The second kappa shape index (κ2) is 14.0. The van der Waals surface area contributed by atoms with E-state index in [0.717, 1.165) is 78.7 Å². The summed E-state index contributed by atoms with van der Waals surface area (Å²) in [5, 5.41) is 5.61. The molecule has 0 bridgehead atoms. The lowest BCUT2D eigenvalue weighted by molar-refractivity contribution is 1.07. The summed E-state index contributed by atoms with van der Waals surface area (Å²) in [4.78, 5) is 27.0. The van der Waals surface area contributed by atoms with Crippen molar-refractivity contribution in [3.05, 3.63) is 182 Å². The molecule has 0 amide bonds. The lowest BCUT2D eigenvalue weighted by Crippen LogP contribution is -2.19. The molecule has 0 N–H and O–H groups in total. The molecule has 6 heteroatoms. The second-order valence-electron chi connectivity index (χ2n) is 13.8. The molecule has 0 aliphatic carbocycles. The van der Waals surface area contributed by atoms with Gasteiger partial charge in [-0.1, -0.05) is 152 Å². The number of hydrogen-bond acceptors (Lipinski definition) is 6. The summed E-state index contributed by atoms with van der Waals surface area (Å²) in [6.07, 6.45) is 8.29. The molecule has 2 aromatic heterocycles. The average molecular weight is 719 g/mol. The number of anilines is 1. The maximum absolute atomic E-state index is 5.16. The summed E-state index contributed by atoms with van der Waals surface area (Å²) < 4.78 is 0. The monoisotopic (exact) mass is 718 g/mol. The van der Waals surface area contributed by atoms with Crippen LogP contribution in [0.1, 0.15) is 0 Å². The minimum Gasteiger partial charge on any atom is -0.341 e. The van der Waals surface area contributed by atoms with Gasteiger partial charge in [-0.25, -0.2) is 19.9 Å². The minimum absolute atomic E-state index is 0.622. The first-order chi connectivity index (χ1) is 27.7. The first kappa shape index (κ1) is 33.0. The smallest absolute Gasteiger partial charge is 0.164 e. The Bertz CT molecular complexity index is 2920. The molecule has 56 heavy (non-hydrogen) atoms. The van der Waals surface area contributed by atoms with Crippen molar-refractivity contribution in [3.8, 4) is 56.5 Å². The molecule has 6 nitrogen and oxygen atoms in total. The van der Waals surface area contributed by atoms with Crippen LogP contribution in [-0.2, 0) is 0 Å². The average Bonchev–Trinajstić information content (AvgIpc) is 3.28. The number of aromatic nitrogens is 4. The quantitative estimate of drug-likeness (QED) is 0.153. The molecule has 0 fully saturated rings. The lowest BCUT2D eigenvalue weighted by atomic mass is 9.99. The summed E-state index contributed by atoms with van der Waals surface area (Å²) in [5.41, 5.74) is 9.51. The van der Waals surface area contributed by atoms with E-state index in [1.165, 1.54) is 10.8 Å². The molecule has 0 atom stereocenters. The van der Waals surface area contributed by atoms with Gasteiger partial charge < -0.3 is 4.90 Å². The molecule has 1 aliphatic heterocycles. The highest BCUT2D eigenvalue weighted by atomic mass is 15.1. The van der Waals surface area contributed by atoms with Crippen LogP contribution in [0.15, 0.2) is 187 Å². The normalized spacial score (nSPS) is 12.5. The highest BCUT2D eigenvalue weighted by Crippen LogP contribution is 2.43. The Morgan fingerprint density at radius 1 is 0.464 bits per heavy atom. The van der Waals surface area contributed by atoms with Crippen LogP contribution in [0.25, 0.3) is 89.0 Å². The molecule has 0 saturated carbocycles. The molecule has 0 saturated heterocycles. The number of pyridine rings is 1. The van der Waals surface area contributed by atoms with Gasteiger partial charge in [0.25, 0.3) is 0 Å². The van der Waals surface area contributed by atoms with Gasteiger partial charge in [-0.3, -0.25) is 4.99 Å². The molecule has 0 radical (unpaired) electrons. The highest BCUT2D eigenvalue weighted by molar-refractivity contribution is 6.03. The fourth-order valence-electron chi connectivity index (χ4n) is 7.50. The van der Waals surface area contributed by atoms with Crippen molar-refractivity contribution in [2.24, 2.45) is 4.99 Å². The largest absolute Gasteiger partial charge is 0.341 e. The van der Waals surface area contributed by atoms with Crippen LogP contribution in [0.3, 0.4) is 0 Å². The number of aliphatic imine (C=N–C) groups is 1. The first-order valence-corrected chi connectivity index (χ1v) is 18.6. The zero-order valence-corrected chi connectivity index (χ0v) is 30.4. The Balaban J connectivity index is 1.02. The third-order valence-electron chi connectivity index (χ3n) is 10.4. The predicted molar refractivity (Wildman–Crippen MR) is 232 cm³/mol. The van der Waals surface area contributed by atoms with E-state index in [1.54, 1.807) is 0 Å². The fraction of sp³-hybridized carbons (Fsp3) is 0.0200. The lowest BCUT2D eigenvalue weighted by Gasteiger charge is -2.26. The third kappa shape index (κ3) is 6.09. The molecule has 9 aromatic rings.